The summed E-state index contributed by atoms with van der Waals surface area (Å²) < 4.78 is 0.805. The van der Waals surface area contributed by atoms with E-state index in [1.54, 1.807) is 23.1 Å². The third-order valence-electron chi connectivity index (χ3n) is 3.79. The molecule has 1 saturated carbocycles. The normalized spacial score (nSPS) is 16.3. The van der Waals surface area contributed by atoms with Crippen molar-refractivity contribution in [2.24, 2.45) is 5.92 Å². The molecule has 104 valence electrons. The van der Waals surface area contributed by atoms with Gasteiger partial charge in [0.05, 0.1) is 5.56 Å². The Bertz CT molecular complexity index is 455. The van der Waals surface area contributed by atoms with Gasteiger partial charge >= 0.3 is 0 Å². The topological polar surface area (TPSA) is 40.5 Å². The molecule has 0 heterocycles. The molecule has 1 aromatic carbocycles. The average Bonchev–Trinajstić information content (AvgIpc) is 2.42. The van der Waals surface area contributed by atoms with Crippen molar-refractivity contribution >= 4 is 21.8 Å². The molecule has 1 aromatic rings. The zero-order valence-corrected chi connectivity index (χ0v) is 12.8. The van der Waals surface area contributed by atoms with E-state index >= 15 is 0 Å². The van der Waals surface area contributed by atoms with Crippen molar-refractivity contribution < 1.29 is 9.90 Å². The summed E-state index contributed by atoms with van der Waals surface area (Å²) in [4.78, 5) is 14.1. The van der Waals surface area contributed by atoms with Crippen LogP contribution in [0.2, 0.25) is 0 Å². The lowest BCUT2D eigenvalue weighted by atomic mass is 9.89. The second-order valence-electron chi connectivity index (χ2n) is 5.35. The van der Waals surface area contributed by atoms with Gasteiger partial charge in [-0.25, -0.2) is 0 Å². The van der Waals surface area contributed by atoms with Crippen molar-refractivity contribution in [3.8, 4) is 5.75 Å². The highest BCUT2D eigenvalue weighted by Crippen LogP contribution is 2.26. The summed E-state index contributed by atoms with van der Waals surface area (Å²) in [6.07, 6.45) is 6.29. The quantitative estimate of drug-likeness (QED) is 0.918. The minimum Gasteiger partial charge on any atom is -0.507 e. The first-order valence-corrected chi connectivity index (χ1v) is 7.61. The fourth-order valence-electron chi connectivity index (χ4n) is 2.73. The number of carbonyl (C=O) groups is 1. The van der Waals surface area contributed by atoms with Gasteiger partial charge < -0.3 is 10.0 Å². The van der Waals surface area contributed by atoms with E-state index in [4.69, 9.17) is 0 Å². The molecule has 1 fully saturated rings. The number of hydrogen-bond donors (Lipinski definition) is 1. The predicted molar refractivity (Wildman–Crippen MR) is 79.3 cm³/mol. The molecule has 0 bridgehead atoms. The van der Waals surface area contributed by atoms with Gasteiger partial charge in [0, 0.05) is 18.1 Å². The molecule has 1 aliphatic rings. The maximum atomic E-state index is 12.3. The third-order valence-corrected chi connectivity index (χ3v) is 4.29. The molecular weight excluding hydrogens is 306 g/mol. The molecule has 4 heteroatoms. The fraction of sp³-hybridized carbons (Fsp3) is 0.533. The van der Waals surface area contributed by atoms with Gasteiger partial charge in [0.1, 0.15) is 5.75 Å². The van der Waals surface area contributed by atoms with Crippen LogP contribution in [0.15, 0.2) is 22.7 Å². The van der Waals surface area contributed by atoms with Gasteiger partial charge in [-0.3, -0.25) is 4.79 Å². The zero-order chi connectivity index (χ0) is 13.8. The van der Waals surface area contributed by atoms with Crippen LogP contribution in [0.1, 0.15) is 42.5 Å². The lowest BCUT2D eigenvalue weighted by molar-refractivity contribution is 0.0757. The van der Waals surface area contributed by atoms with Crippen molar-refractivity contribution in [2.75, 3.05) is 13.6 Å². The number of aromatic hydroxyl groups is 1. The largest absolute Gasteiger partial charge is 0.507 e. The van der Waals surface area contributed by atoms with Crippen LogP contribution in [0.25, 0.3) is 0 Å². The van der Waals surface area contributed by atoms with Crippen LogP contribution in [0.5, 0.6) is 5.75 Å². The molecule has 0 spiro atoms. The second-order valence-corrected chi connectivity index (χ2v) is 6.27. The molecule has 0 unspecified atom stereocenters. The van der Waals surface area contributed by atoms with Gasteiger partial charge in [-0.2, -0.15) is 0 Å². The molecule has 0 saturated heterocycles. The van der Waals surface area contributed by atoms with Gasteiger partial charge in [0.15, 0.2) is 0 Å². The highest BCUT2D eigenvalue weighted by Gasteiger charge is 2.21. The SMILES string of the molecule is CN(CC1CCCCC1)C(=O)c1cc(Br)ccc1O. The summed E-state index contributed by atoms with van der Waals surface area (Å²) in [7, 11) is 1.82. The standard InChI is InChI=1S/C15H20BrNO2/c1-17(10-11-5-3-2-4-6-11)15(19)13-9-12(16)7-8-14(13)18/h7-9,11,18H,2-6,10H2,1H3. The monoisotopic (exact) mass is 325 g/mol. The van der Waals surface area contributed by atoms with Gasteiger partial charge in [0.2, 0.25) is 0 Å². The lowest BCUT2D eigenvalue weighted by Gasteiger charge is -2.27. The third kappa shape index (κ3) is 3.72. The number of benzene rings is 1. The van der Waals surface area contributed by atoms with Crippen LogP contribution in [-0.2, 0) is 0 Å². The highest BCUT2D eigenvalue weighted by atomic mass is 79.9. The fourth-order valence-corrected chi connectivity index (χ4v) is 3.09. The highest BCUT2D eigenvalue weighted by molar-refractivity contribution is 9.10. The van der Waals surface area contributed by atoms with E-state index in [2.05, 4.69) is 15.9 Å². The number of phenols is 1. The first-order chi connectivity index (χ1) is 9.08. The molecular formula is C15H20BrNO2. The first kappa shape index (κ1) is 14.4. The van der Waals surface area contributed by atoms with E-state index in [0.717, 1.165) is 11.0 Å². The van der Waals surface area contributed by atoms with E-state index in [0.29, 0.717) is 11.5 Å². The molecule has 3 nitrogen and oxygen atoms in total. The maximum absolute atomic E-state index is 12.3. The number of amides is 1. The summed E-state index contributed by atoms with van der Waals surface area (Å²) in [6, 6.07) is 4.95. The van der Waals surface area contributed by atoms with E-state index in [9.17, 15) is 9.90 Å². The number of halogens is 1. The van der Waals surface area contributed by atoms with Crippen LogP contribution in [0.4, 0.5) is 0 Å². The Kier molecular flexibility index (Phi) is 4.86. The van der Waals surface area contributed by atoms with Crippen molar-refractivity contribution in [1.29, 1.82) is 0 Å². The Hall–Kier alpha value is -1.03. The van der Waals surface area contributed by atoms with Crippen molar-refractivity contribution in [3.63, 3.8) is 0 Å². The van der Waals surface area contributed by atoms with Crippen LogP contribution < -0.4 is 0 Å². The first-order valence-electron chi connectivity index (χ1n) is 6.82. The minimum atomic E-state index is -0.107. The van der Waals surface area contributed by atoms with Gasteiger partial charge in [-0.15, -0.1) is 0 Å². The number of phenolic OH excluding ortho intramolecular Hbond substituents is 1. The number of carbonyl (C=O) groups excluding carboxylic acids is 1. The van der Waals surface area contributed by atoms with Crippen LogP contribution >= 0.6 is 15.9 Å². The minimum absolute atomic E-state index is 0.0451. The van der Waals surface area contributed by atoms with E-state index in [1.165, 1.54) is 32.1 Å². The Morgan fingerprint density at radius 1 is 1.37 bits per heavy atom. The summed E-state index contributed by atoms with van der Waals surface area (Å²) in [5.41, 5.74) is 0.368. The molecule has 1 amide bonds. The van der Waals surface area contributed by atoms with Crippen LogP contribution in [-0.4, -0.2) is 29.5 Å². The van der Waals surface area contributed by atoms with E-state index in [1.807, 2.05) is 7.05 Å². The maximum Gasteiger partial charge on any atom is 0.257 e. The summed E-state index contributed by atoms with van der Waals surface area (Å²) in [5.74, 6) is 0.546. The van der Waals surface area contributed by atoms with Crippen LogP contribution in [0, 0.1) is 5.92 Å². The van der Waals surface area contributed by atoms with Crippen LogP contribution in [0.3, 0.4) is 0 Å². The molecule has 0 aromatic heterocycles. The smallest absolute Gasteiger partial charge is 0.257 e. The van der Waals surface area contributed by atoms with Gasteiger partial charge in [-0.1, -0.05) is 35.2 Å². The summed E-state index contributed by atoms with van der Waals surface area (Å²) in [5, 5.41) is 9.79. The molecule has 0 atom stereocenters. The number of rotatable bonds is 3. The lowest BCUT2D eigenvalue weighted by Crippen LogP contribution is -2.32. The Morgan fingerprint density at radius 3 is 2.74 bits per heavy atom. The number of nitrogens with zero attached hydrogens (tertiary/aromatic N) is 1. The molecule has 2 rings (SSSR count). The molecule has 0 aliphatic heterocycles. The summed E-state index contributed by atoms with van der Waals surface area (Å²) >= 11 is 3.33. The van der Waals surface area contributed by atoms with Crippen molar-refractivity contribution in [1.82, 2.24) is 4.90 Å². The Balaban J connectivity index is 2.03. The predicted octanol–water partition coefficient (Wildman–Crippen LogP) is 3.81. The second kappa shape index (κ2) is 6.42. The summed E-state index contributed by atoms with van der Waals surface area (Å²) in [6.45, 7) is 0.783. The average molecular weight is 326 g/mol. The zero-order valence-electron chi connectivity index (χ0n) is 11.2. The van der Waals surface area contributed by atoms with E-state index < -0.39 is 0 Å². The molecule has 0 radical (unpaired) electrons. The molecule has 19 heavy (non-hydrogen) atoms. The van der Waals surface area contributed by atoms with E-state index in [-0.39, 0.29) is 11.7 Å². The Morgan fingerprint density at radius 2 is 2.05 bits per heavy atom. The van der Waals surface area contributed by atoms with Gasteiger partial charge in [0.25, 0.3) is 5.91 Å². The van der Waals surface area contributed by atoms with Gasteiger partial charge in [-0.05, 0) is 37.0 Å². The Labute approximate surface area is 122 Å². The van der Waals surface area contributed by atoms with Crippen molar-refractivity contribution in [2.45, 2.75) is 32.1 Å². The molecule has 1 N–H and O–H groups in total. The van der Waals surface area contributed by atoms with Crippen molar-refractivity contribution in [3.05, 3.63) is 28.2 Å². The molecule has 1 aliphatic carbocycles. The number of hydrogen-bond acceptors (Lipinski definition) is 2.